The maximum atomic E-state index is 12.5. The van der Waals surface area contributed by atoms with Crippen LogP contribution in [0.5, 0.6) is 5.75 Å². The van der Waals surface area contributed by atoms with Gasteiger partial charge in [-0.25, -0.2) is 4.98 Å². The van der Waals surface area contributed by atoms with Crippen LogP contribution in [0, 0.1) is 11.7 Å². The molecule has 2 aromatic heterocycles. The predicted octanol–water partition coefficient (Wildman–Crippen LogP) is 4.56. The van der Waals surface area contributed by atoms with E-state index in [1.165, 1.54) is 11.3 Å². The Hall–Kier alpha value is -3.04. The van der Waals surface area contributed by atoms with Crippen molar-refractivity contribution in [3.05, 3.63) is 52.8 Å². The van der Waals surface area contributed by atoms with Crippen molar-refractivity contribution in [3.63, 3.8) is 0 Å². The number of nitrogens with one attached hydrogen (secondary N) is 2. The highest BCUT2D eigenvalue weighted by Gasteiger charge is 2.13. The van der Waals surface area contributed by atoms with E-state index in [0.717, 1.165) is 32.9 Å². The van der Waals surface area contributed by atoms with Crippen molar-refractivity contribution in [3.8, 4) is 17.1 Å². The summed E-state index contributed by atoms with van der Waals surface area (Å²) in [4.78, 5) is 16.9. The molecule has 0 aliphatic carbocycles. The van der Waals surface area contributed by atoms with Gasteiger partial charge in [-0.1, -0.05) is 35.1 Å². The summed E-state index contributed by atoms with van der Waals surface area (Å²) in [6.45, 7) is 2.44. The summed E-state index contributed by atoms with van der Waals surface area (Å²) in [5, 5.41) is 10.6. The van der Waals surface area contributed by atoms with Crippen LogP contribution in [0.4, 0.5) is 5.13 Å². The SMILES string of the molecule is COc1ccc2nc(NC(=O)CCn3c(-c4cccc(C)c4)n[nH]c3=S)sc2c1. The number of aromatic nitrogens is 4. The number of rotatable bonds is 6. The summed E-state index contributed by atoms with van der Waals surface area (Å²) in [7, 11) is 1.62. The van der Waals surface area contributed by atoms with Crippen LogP contribution in [0.15, 0.2) is 42.5 Å². The second-order valence-electron chi connectivity index (χ2n) is 6.52. The van der Waals surface area contributed by atoms with E-state index in [1.807, 2.05) is 54.0 Å². The van der Waals surface area contributed by atoms with Crippen molar-refractivity contribution in [2.75, 3.05) is 12.4 Å². The fraction of sp³-hybridized carbons (Fsp3) is 0.200. The largest absolute Gasteiger partial charge is 0.497 e. The minimum Gasteiger partial charge on any atom is -0.497 e. The van der Waals surface area contributed by atoms with Gasteiger partial charge in [0.05, 0.1) is 17.3 Å². The monoisotopic (exact) mass is 425 g/mol. The number of aryl methyl sites for hydroxylation is 1. The number of H-pyrrole nitrogens is 1. The first-order valence-corrected chi connectivity index (χ1v) is 10.2. The molecule has 0 radical (unpaired) electrons. The Morgan fingerprint density at radius 1 is 1.31 bits per heavy atom. The lowest BCUT2D eigenvalue weighted by molar-refractivity contribution is -0.116. The third-order valence-electron chi connectivity index (χ3n) is 4.44. The summed E-state index contributed by atoms with van der Waals surface area (Å²) >= 11 is 6.76. The maximum Gasteiger partial charge on any atom is 0.227 e. The Balaban J connectivity index is 1.47. The number of thiazole rings is 1. The highest BCUT2D eigenvalue weighted by molar-refractivity contribution is 7.71. The van der Waals surface area contributed by atoms with Gasteiger partial charge in [0.15, 0.2) is 15.7 Å². The van der Waals surface area contributed by atoms with E-state index in [2.05, 4.69) is 20.5 Å². The summed E-state index contributed by atoms with van der Waals surface area (Å²) in [6, 6.07) is 13.6. The lowest BCUT2D eigenvalue weighted by Gasteiger charge is -2.07. The summed E-state index contributed by atoms with van der Waals surface area (Å²) in [5.74, 6) is 1.35. The van der Waals surface area contributed by atoms with Gasteiger partial charge in [0.1, 0.15) is 5.75 Å². The molecule has 0 aliphatic heterocycles. The van der Waals surface area contributed by atoms with Gasteiger partial charge in [-0.2, -0.15) is 5.10 Å². The first kappa shape index (κ1) is 19.3. The van der Waals surface area contributed by atoms with Crippen LogP contribution in [0.1, 0.15) is 12.0 Å². The Labute approximate surface area is 176 Å². The van der Waals surface area contributed by atoms with E-state index in [4.69, 9.17) is 17.0 Å². The van der Waals surface area contributed by atoms with E-state index >= 15 is 0 Å². The van der Waals surface area contributed by atoms with Gasteiger partial charge in [0.25, 0.3) is 0 Å². The molecule has 0 saturated carbocycles. The van der Waals surface area contributed by atoms with Crippen LogP contribution in [0.3, 0.4) is 0 Å². The second-order valence-corrected chi connectivity index (χ2v) is 7.94. The number of carbonyl (C=O) groups is 1. The average molecular weight is 426 g/mol. The van der Waals surface area contributed by atoms with Crippen molar-refractivity contribution >= 4 is 44.8 Å². The molecule has 0 fully saturated rings. The molecule has 2 heterocycles. The minimum atomic E-state index is -0.130. The number of hydrogen-bond donors (Lipinski definition) is 2. The molecule has 1 amide bonds. The van der Waals surface area contributed by atoms with Crippen LogP contribution in [0.2, 0.25) is 0 Å². The number of benzene rings is 2. The molecule has 0 spiro atoms. The van der Waals surface area contributed by atoms with E-state index in [9.17, 15) is 4.79 Å². The van der Waals surface area contributed by atoms with E-state index in [1.54, 1.807) is 7.11 Å². The number of carbonyl (C=O) groups excluding carboxylic acids is 1. The lowest BCUT2D eigenvalue weighted by Crippen LogP contribution is -2.15. The Kier molecular flexibility index (Phi) is 5.41. The molecular formula is C20H19N5O2S2. The van der Waals surface area contributed by atoms with Gasteiger partial charge in [0, 0.05) is 18.5 Å². The molecule has 2 N–H and O–H groups in total. The Morgan fingerprint density at radius 3 is 2.97 bits per heavy atom. The number of aromatic amines is 1. The van der Waals surface area contributed by atoms with Crippen LogP contribution in [-0.4, -0.2) is 32.8 Å². The van der Waals surface area contributed by atoms with Gasteiger partial charge in [-0.15, -0.1) is 0 Å². The van der Waals surface area contributed by atoms with E-state index < -0.39 is 0 Å². The highest BCUT2D eigenvalue weighted by Crippen LogP contribution is 2.29. The third kappa shape index (κ3) is 4.20. The van der Waals surface area contributed by atoms with Gasteiger partial charge in [-0.3, -0.25) is 14.5 Å². The quantitative estimate of drug-likeness (QED) is 0.442. The Bertz CT molecular complexity index is 1240. The minimum absolute atomic E-state index is 0.130. The molecule has 2 aromatic carbocycles. The molecule has 4 aromatic rings. The van der Waals surface area contributed by atoms with Gasteiger partial charge < -0.3 is 10.1 Å². The predicted molar refractivity (Wildman–Crippen MR) is 117 cm³/mol. The second kappa shape index (κ2) is 8.14. The van der Waals surface area contributed by atoms with E-state index in [-0.39, 0.29) is 12.3 Å². The van der Waals surface area contributed by atoms with Gasteiger partial charge in [-0.05, 0) is 43.4 Å². The summed E-state index contributed by atoms with van der Waals surface area (Å²) < 4.78 is 8.51. The molecule has 0 saturated heterocycles. The van der Waals surface area contributed by atoms with Crippen molar-refractivity contribution < 1.29 is 9.53 Å². The molecule has 7 nitrogen and oxygen atoms in total. The standard InChI is InChI=1S/C20H19N5O2S2/c1-12-4-3-5-13(10-12)18-23-24-20(28)25(18)9-8-17(26)22-19-21-15-7-6-14(27-2)11-16(15)29-19/h3-7,10-11H,8-9H2,1-2H3,(H,24,28)(H,21,22,26). The molecule has 148 valence electrons. The topological polar surface area (TPSA) is 84.8 Å². The van der Waals surface area contributed by atoms with Gasteiger partial charge in [0.2, 0.25) is 5.91 Å². The third-order valence-corrected chi connectivity index (χ3v) is 5.68. The van der Waals surface area contributed by atoms with Crippen molar-refractivity contribution in [1.82, 2.24) is 19.7 Å². The molecule has 0 aliphatic rings. The van der Waals surface area contributed by atoms with Crippen molar-refractivity contribution in [1.29, 1.82) is 0 Å². The first-order valence-electron chi connectivity index (χ1n) is 9.00. The zero-order valence-corrected chi connectivity index (χ0v) is 17.6. The van der Waals surface area contributed by atoms with Crippen molar-refractivity contribution in [2.24, 2.45) is 0 Å². The number of nitrogens with zero attached hydrogens (tertiary/aromatic N) is 3. The summed E-state index contributed by atoms with van der Waals surface area (Å²) in [6.07, 6.45) is 0.256. The average Bonchev–Trinajstić information content (AvgIpc) is 3.28. The summed E-state index contributed by atoms with van der Waals surface area (Å²) in [5.41, 5.74) is 2.91. The fourth-order valence-electron chi connectivity index (χ4n) is 3.01. The Morgan fingerprint density at radius 2 is 2.17 bits per heavy atom. The maximum absolute atomic E-state index is 12.5. The van der Waals surface area contributed by atoms with Crippen LogP contribution in [0.25, 0.3) is 21.6 Å². The highest BCUT2D eigenvalue weighted by atomic mass is 32.1. The fourth-order valence-corrected chi connectivity index (χ4v) is 4.14. The molecule has 0 bridgehead atoms. The van der Waals surface area contributed by atoms with Gasteiger partial charge >= 0.3 is 0 Å². The first-order chi connectivity index (χ1) is 14.0. The van der Waals surface area contributed by atoms with Crippen LogP contribution in [-0.2, 0) is 11.3 Å². The zero-order chi connectivity index (χ0) is 20.4. The molecule has 0 unspecified atom stereocenters. The number of anilines is 1. The van der Waals surface area contributed by atoms with Crippen molar-refractivity contribution in [2.45, 2.75) is 19.9 Å². The van der Waals surface area contributed by atoms with Crippen LogP contribution >= 0.6 is 23.6 Å². The normalized spacial score (nSPS) is 11.0. The molecule has 4 rings (SSSR count). The molecule has 29 heavy (non-hydrogen) atoms. The number of amides is 1. The molecule has 0 atom stereocenters. The number of fused-ring (bicyclic) bond motifs is 1. The number of ether oxygens (including phenoxy) is 1. The molecular weight excluding hydrogens is 406 g/mol. The van der Waals surface area contributed by atoms with Crippen LogP contribution < -0.4 is 10.1 Å². The smallest absolute Gasteiger partial charge is 0.227 e. The van der Waals surface area contributed by atoms with E-state index in [0.29, 0.717) is 16.4 Å². The molecule has 9 heteroatoms. The number of methoxy groups -OCH3 is 1. The number of hydrogen-bond acceptors (Lipinski definition) is 6. The lowest BCUT2D eigenvalue weighted by atomic mass is 10.1. The zero-order valence-electron chi connectivity index (χ0n) is 15.9.